The van der Waals surface area contributed by atoms with Crippen LogP contribution in [0.2, 0.25) is 5.82 Å². The zero-order valence-corrected chi connectivity index (χ0v) is 11.4. The van der Waals surface area contributed by atoms with Crippen molar-refractivity contribution in [3.05, 3.63) is 36.0 Å². The first kappa shape index (κ1) is 13.2. The fourth-order valence-corrected chi connectivity index (χ4v) is 1.86. The van der Waals surface area contributed by atoms with E-state index in [0.717, 1.165) is 0 Å². The normalized spacial score (nSPS) is 11.3. The third-order valence-electron chi connectivity index (χ3n) is 1.93. The Morgan fingerprint density at radius 2 is 1.84 bits per heavy atom. The number of nitrogens with zero attached hydrogens (tertiary/aromatic N) is 3. The fraction of sp³-hybridized carbons (Fsp3) is 0.100. The van der Waals surface area contributed by atoms with Crippen molar-refractivity contribution < 1.29 is 18.6 Å². The van der Waals surface area contributed by atoms with Gasteiger partial charge < -0.3 is 0 Å². The summed E-state index contributed by atoms with van der Waals surface area (Å²) in [6.07, 6.45) is 2.69. The zero-order chi connectivity index (χ0) is 13.7. The number of aliphatic imine (C=N–C) groups is 1. The van der Waals surface area contributed by atoms with Gasteiger partial charge in [-0.15, -0.1) is 0 Å². The van der Waals surface area contributed by atoms with Crippen molar-refractivity contribution in [2.45, 2.75) is 5.82 Å². The molecule has 19 heavy (non-hydrogen) atoms. The summed E-state index contributed by atoms with van der Waals surface area (Å²) in [5.41, 5.74) is 0. The summed E-state index contributed by atoms with van der Waals surface area (Å²) in [7, 11) is 0. The van der Waals surface area contributed by atoms with E-state index < -0.39 is 11.8 Å². The fourth-order valence-electron chi connectivity index (χ4n) is 1.09. The van der Waals surface area contributed by atoms with Gasteiger partial charge in [0.15, 0.2) is 0 Å². The van der Waals surface area contributed by atoms with E-state index in [4.69, 9.17) is 4.52 Å². The number of carbonyl (C=O) groups is 2. The summed E-state index contributed by atoms with van der Waals surface area (Å²) >= 11 is -0.189. The van der Waals surface area contributed by atoms with Crippen LogP contribution in [0, 0.1) is 0 Å². The van der Waals surface area contributed by atoms with E-state index in [0.29, 0.717) is 0 Å². The first-order valence-electron chi connectivity index (χ1n) is 5.00. The Morgan fingerprint density at radius 1 is 1.21 bits per heavy atom. The van der Waals surface area contributed by atoms with Crippen LogP contribution in [0.4, 0.5) is 0 Å². The number of amidine groups is 1. The molecule has 0 aliphatic rings. The van der Waals surface area contributed by atoms with Gasteiger partial charge in [-0.2, -0.15) is 0 Å². The molecule has 0 fully saturated rings. The van der Waals surface area contributed by atoms with Crippen molar-refractivity contribution in [1.29, 1.82) is 0 Å². The summed E-state index contributed by atoms with van der Waals surface area (Å²) in [6.45, 7) is 0. The Labute approximate surface area is 113 Å². The summed E-state index contributed by atoms with van der Waals surface area (Å²) in [4.78, 5) is 27.1. The SMILES string of the molecule is C[Se]C(=NC(=O)c1ccno1)NC(=O)c1ccno1. The van der Waals surface area contributed by atoms with E-state index in [1.807, 2.05) is 0 Å². The van der Waals surface area contributed by atoms with E-state index in [1.54, 1.807) is 5.82 Å². The summed E-state index contributed by atoms with van der Waals surface area (Å²) < 4.78 is 9.63. The molecule has 0 radical (unpaired) electrons. The molecular weight excluding hydrogens is 319 g/mol. The maximum absolute atomic E-state index is 11.7. The first-order valence-corrected chi connectivity index (χ1v) is 7.57. The topological polar surface area (TPSA) is 111 Å². The van der Waals surface area contributed by atoms with Crippen LogP contribution in [-0.2, 0) is 0 Å². The molecule has 98 valence electrons. The number of hydrogen-bond donors (Lipinski definition) is 1. The first-order chi connectivity index (χ1) is 9.20. The van der Waals surface area contributed by atoms with Crippen LogP contribution in [0.5, 0.6) is 0 Å². The zero-order valence-electron chi connectivity index (χ0n) is 9.69. The van der Waals surface area contributed by atoms with Crippen LogP contribution in [0.15, 0.2) is 38.6 Å². The van der Waals surface area contributed by atoms with Crippen LogP contribution >= 0.6 is 0 Å². The van der Waals surface area contributed by atoms with Gasteiger partial charge in [0.25, 0.3) is 0 Å². The number of hydrogen-bond acceptors (Lipinski definition) is 6. The molecule has 2 heterocycles. The van der Waals surface area contributed by atoms with Gasteiger partial charge in [0.05, 0.1) is 0 Å². The molecule has 2 rings (SSSR count). The molecule has 2 amide bonds. The molecule has 2 aromatic heterocycles. The van der Waals surface area contributed by atoms with Crippen molar-refractivity contribution in [2.75, 3.05) is 0 Å². The molecule has 0 aliphatic heterocycles. The standard InChI is InChI=1S/C10H8N4O4Se/c1-19-10(13-8(15)6-2-4-11-17-6)14-9(16)7-3-5-12-18-7/h2-5H,1H3,(H,13,14,15,16). The average molecular weight is 327 g/mol. The molecule has 0 unspecified atom stereocenters. The van der Waals surface area contributed by atoms with Crippen LogP contribution in [-0.4, -0.2) is 41.8 Å². The van der Waals surface area contributed by atoms with Gasteiger partial charge >= 0.3 is 113 Å². The van der Waals surface area contributed by atoms with Crippen LogP contribution < -0.4 is 5.32 Å². The van der Waals surface area contributed by atoms with E-state index in [1.165, 1.54) is 24.5 Å². The van der Waals surface area contributed by atoms with Gasteiger partial charge in [0.2, 0.25) is 0 Å². The van der Waals surface area contributed by atoms with E-state index in [9.17, 15) is 9.59 Å². The van der Waals surface area contributed by atoms with Crippen LogP contribution in [0.25, 0.3) is 0 Å². The van der Waals surface area contributed by atoms with Gasteiger partial charge in [-0.1, -0.05) is 0 Å². The second kappa shape index (κ2) is 6.07. The van der Waals surface area contributed by atoms with Gasteiger partial charge in [-0.25, -0.2) is 0 Å². The van der Waals surface area contributed by atoms with Gasteiger partial charge in [0, 0.05) is 0 Å². The molecule has 0 aliphatic carbocycles. The Morgan fingerprint density at radius 3 is 2.37 bits per heavy atom. The predicted molar refractivity (Wildman–Crippen MR) is 63.9 cm³/mol. The van der Waals surface area contributed by atoms with Crippen molar-refractivity contribution in [2.24, 2.45) is 4.99 Å². The molecule has 0 bridgehead atoms. The second-order valence-electron chi connectivity index (χ2n) is 3.13. The molecule has 0 saturated carbocycles. The molecule has 9 heteroatoms. The number of aromatic nitrogens is 2. The minimum absolute atomic E-state index is 0.00987. The van der Waals surface area contributed by atoms with Crippen molar-refractivity contribution in [1.82, 2.24) is 15.6 Å². The molecule has 8 nitrogen and oxygen atoms in total. The number of carbonyl (C=O) groups excluding carboxylic acids is 2. The van der Waals surface area contributed by atoms with Crippen molar-refractivity contribution in [3.8, 4) is 0 Å². The Balaban J connectivity index is 2.08. The number of amides is 2. The second-order valence-corrected chi connectivity index (χ2v) is 4.80. The average Bonchev–Trinajstić information content (AvgIpc) is 3.09. The maximum atomic E-state index is 11.7. The third kappa shape index (κ3) is 3.36. The Bertz CT molecular complexity index is 591. The Hall–Kier alpha value is -2.25. The van der Waals surface area contributed by atoms with Gasteiger partial charge in [-0.3, -0.25) is 0 Å². The van der Waals surface area contributed by atoms with Crippen LogP contribution in [0.1, 0.15) is 21.1 Å². The van der Waals surface area contributed by atoms with Gasteiger partial charge in [0.1, 0.15) is 0 Å². The monoisotopic (exact) mass is 328 g/mol. The molecule has 0 atom stereocenters. The molecule has 0 saturated heterocycles. The quantitative estimate of drug-likeness (QED) is 0.494. The van der Waals surface area contributed by atoms with Crippen molar-refractivity contribution in [3.63, 3.8) is 0 Å². The van der Waals surface area contributed by atoms with Gasteiger partial charge in [-0.05, 0) is 0 Å². The minimum atomic E-state index is -0.603. The summed E-state index contributed by atoms with van der Waals surface area (Å²) in [5.74, 6) is 0.749. The summed E-state index contributed by atoms with van der Waals surface area (Å²) in [5, 5.41) is 9.31. The molecule has 0 spiro atoms. The van der Waals surface area contributed by atoms with Crippen LogP contribution in [0.3, 0.4) is 0 Å². The Kier molecular flexibility index (Phi) is 4.22. The third-order valence-corrected chi connectivity index (χ3v) is 3.14. The summed E-state index contributed by atoms with van der Waals surface area (Å²) in [6, 6.07) is 2.80. The van der Waals surface area contributed by atoms with E-state index in [-0.39, 0.29) is 31.2 Å². The van der Waals surface area contributed by atoms with E-state index >= 15 is 0 Å². The molecule has 2 aromatic rings. The van der Waals surface area contributed by atoms with E-state index in [2.05, 4.69) is 25.1 Å². The molecule has 0 aromatic carbocycles. The predicted octanol–water partition coefficient (Wildman–Crippen LogP) is 0.341. The van der Waals surface area contributed by atoms with Crippen molar-refractivity contribution >= 4 is 31.5 Å². The number of rotatable bonds is 3. The molecule has 1 N–H and O–H groups in total. The molecular formula is C10H8N4O4Se. The number of nitrogens with one attached hydrogen (secondary N) is 1.